The highest BCUT2D eigenvalue weighted by Gasteiger charge is 2.16. The lowest BCUT2D eigenvalue weighted by molar-refractivity contribution is -0.384. The van der Waals surface area contributed by atoms with Crippen LogP contribution in [0.5, 0.6) is 0 Å². The first-order valence-corrected chi connectivity index (χ1v) is 9.68. The second-order valence-corrected chi connectivity index (χ2v) is 6.64. The number of anilines is 2. The van der Waals surface area contributed by atoms with Crippen LogP contribution in [0.1, 0.15) is 22.8 Å². The minimum atomic E-state index is -0.491. The second kappa shape index (κ2) is 9.98. The third kappa shape index (κ3) is 5.63. The van der Waals surface area contributed by atoms with E-state index in [-0.39, 0.29) is 11.6 Å². The summed E-state index contributed by atoms with van der Waals surface area (Å²) in [5, 5.41) is 13.6. The van der Waals surface area contributed by atoms with E-state index in [0.29, 0.717) is 23.4 Å². The largest absolute Gasteiger partial charge is 0.322 e. The molecule has 7 heteroatoms. The molecule has 0 heterocycles. The topological polar surface area (TPSA) is 92.6 Å². The van der Waals surface area contributed by atoms with E-state index >= 15 is 0 Å². The summed E-state index contributed by atoms with van der Waals surface area (Å²) in [6.45, 7) is 2.40. The van der Waals surface area contributed by atoms with Crippen LogP contribution < -0.4 is 10.2 Å². The average Bonchev–Trinajstić information content (AvgIpc) is 2.79. The Balaban J connectivity index is 1.71. The van der Waals surface area contributed by atoms with Crippen LogP contribution in [0.2, 0.25) is 0 Å². The van der Waals surface area contributed by atoms with Crippen LogP contribution in [-0.2, 0) is 4.79 Å². The lowest BCUT2D eigenvalue weighted by atomic mass is 10.1. The Morgan fingerprint density at radius 2 is 1.74 bits per heavy atom. The van der Waals surface area contributed by atoms with Gasteiger partial charge in [0, 0.05) is 41.7 Å². The first-order chi connectivity index (χ1) is 15.0. The van der Waals surface area contributed by atoms with E-state index in [9.17, 15) is 19.7 Å². The molecule has 0 unspecified atom stereocenters. The lowest BCUT2D eigenvalue weighted by Gasteiger charge is -2.21. The summed E-state index contributed by atoms with van der Waals surface area (Å²) >= 11 is 0. The summed E-state index contributed by atoms with van der Waals surface area (Å²) in [6.07, 6.45) is 2.78. The number of amides is 2. The van der Waals surface area contributed by atoms with Crippen LogP contribution in [0, 0.1) is 10.1 Å². The normalized spacial score (nSPS) is 10.6. The summed E-state index contributed by atoms with van der Waals surface area (Å²) in [4.78, 5) is 37.2. The Labute approximate surface area is 179 Å². The number of nitro benzene ring substituents is 1. The third-order valence-corrected chi connectivity index (χ3v) is 4.51. The Bertz CT molecular complexity index is 1130. The van der Waals surface area contributed by atoms with Gasteiger partial charge < -0.3 is 10.2 Å². The zero-order valence-corrected chi connectivity index (χ0v) is 16.9. The van der Waals surface area contributed by atoms with E-state index < -0.39 is 10.8 Å². The van der Waals surface area contributed by atoms with Gasteiger partial charge in [0.1, 0.15) is 0 Å². The lowest BCUT2D eigenvalue weighted by Crippen LogP contribution is -2.30. The summed E-state index contributed by atoms with van der Waals surface area (Å²) in [7, 11) is 0. The molecule has 7 nitrogen and oxygen atoms in total. The molecule has 3 rings (SSSR count). The molecule has 0 aliphatic carbocycles. The van der Waals surface area contributed by atoms with Crippen LogP contribution >= 0.6 is 0 Å². The van der Waals surface area contributed by atoms with E-state index in [1.807, 2.05) is 37.3 Å². The number of para-hydroxylation sites is 1. The first kappa shape index (κ1) is 21.4. The summed E-state index contributed by atoms with van der Waals surface area (Å²) < 4.78 is 0. The van der Waals surface area contributed by atoms with Crippen molar-refractivity contribution in [1.29, 1.82) is 0 Å². The molecule has 31 heavy (non-hydrogen) atoms. The zero-order chi connectivity index (χ0) is 22.2. The van der Waals surface area contributed by atoms with E-state index in [2.05, 4.69) is 5.32 Å². The first-order valence-electron chi connectivity index (χ1n) is 9.68. The second-order valence-electron chi connectivity index (χ2n) is 6.64. The van der Waals surface area contributed by atoms with Gasteiger partial charge >= 0.3 is 0 Å². The van der Waals surface area contributed by atoms with Crippen LogP contribution in [-0.4, -0.2) is 23.3 Å². The molecule has 0 atom stereocenters. The van der Waals surface area contributed by atoms with Gasteiger partial charge in [0.25, 0.3) is 11.6 Å². The van der Waals surface area contributed by atoms with E-state index in [4.69, 9.17) is 0 Å². The molecule has 0 radical (unpaired) electrons. The number of nitro groups is 1. The van der Waals surface area contributed by atoms with Gasteiger partial charge in [-0.05, 0) is 48.9 Å². The quantitative estimate of drug-likeness (QED) is 0.337. The molecule has 156 valence electrons. The molecule has 0 aliphatic rings. The fourth-order valence-corrected chi connectivity index (χ4v) is 3.04. The highest BCUT2D eigenvalue weighted by molar-refractivity contribution is 6.07. The Kier molecular flexibility index (Phi) is 6.90. The Morgan fingerprint density at radius 1 is 1.00 bits per heavy atom. The van der Waals surface area contributed by atoms with Crippen molar-refractivity contribution < 1.29 is 14.5 Å². The van der Waals surface area contributed by atoms with E-state index in [0.717, 1.165) is 5.69 Å². The molecule has 1 N–H and O–H groups in total. The predicted molar refractivity (Wildman–Crippen MR) is 121 cm³/mol. The maximum Gasteiger partial charge on any atom is 0.270 e. The minimum absolute atomic E-state index is 0.0485. The third-order valence-electron chi connectivity index (χ3n) is 4.51. The van der Waals surface area contributed by atoms with Gasteiger partial charge in [0.15, 0.2) is 0 Å². The van der Waals surface area contributed by atoms with Crippen molar-refractivity contribution in [3.05, 3.63) is 106 Å². The SMILES string of the molecule is CCN(C(=O)c1cccc(NC(=O)/C=C/c2cccc([N+](=O)[O-])c2)c1)c1ccccc1. The number of nitrogens with zero attached hydrogens (tertiary/aromatic N) is 2. The van der Waals surface area contributed by atoms with Crippen molar-refractivity contribution in [2.75, 3.05) is 16.8 Å². The molecule has 0 fully saturated rings. The molecule has 2 amide bonds. The van der Waals surface area contributed by atoms with Crippen molar-refractivity contribution in [1.82, 2.24) is 0 Å². The Hall–Kier alpha value is -4.26. The standard InChI is InChI=1S/C24H21N3O4/c1-2-26(21-11-4-3-5-12-21)24(29)19-9-7-10-20(17-19)25-23(28)15-14-18-8-6-13-22(16-18)27(30)31/h3-17H,2H2,1H3,(H,25,28)/b15-14+. The van der Waals surface area contributed by atoms with Crippen molar-refractivity contribution in [2.24, 2.45) is 0 Å². The van der Waals surface area contributed by atoms with Crippen LogP contribution in [0.15, 0.2) is 84.9 Å². The fourth-order valence-electron chi connectivity index (χ4n) is 3.04. The summed E-state index contributed by atoms with van der Waals surface area (Å²) in [6, 6.07) is 22.1. The monoisotopic (exact) mass is 415 g/mol. The van der Waals surface area contributed by atoms with Crippen molar-refractivity contribution in [3.8, 4) is 0 Å². The minimum Gasteiger partial charge on any atom is -0.322 e. The maximum atomic E-state index is 13.0. The molecule has 3 aromatic rings. The molecule has 0 saturated carbocycles. The van der Waals surface area contributed by atoms with Crippen molar-refractivity contribution >= 4 is 35.0 Å². The van der Waals surface area contributed by atoms with Gasteiger partial charge in [-0.1, -0.05) is 36.4 Å². The molecule has 0 aromatic heterocycles. The maximum absolute atomic E-state index is 13.0. The van der Waals surface area contributed by atoms with E-state index in [1.54, 1.807) is 41.3 Å². The van der Waals surface area contributed by atoms with Gasteiger partial charge in [-0.25, -0.2) is 0 Å². The van der Waals surface area contributed by atoms with Crippen LogP contribution in [0.3, 0.4) is 0 Å². The smallest absolute Gasteiger partial charge is 0.270 e. The highest BCUT2D eigenvalue weighted by atomic mass is 16.6. The van der Waals surface area contributed by atoms with Gasteiger partial charge in [0.2, 0.25) is 5.91 Å². The van der Waals surface area contributed by atoms with Crippen LogP contribution in [0.25, 0.3) is 6.08 Å². The number of rotatable bonds is 7. The Morgan fingerprint density at radius 3 is 2.45 bits per heavy atom. The average molecular weight is 415 g/mol. The predicted octanol–water partition coefficient (Wildman–Crippen LogP) is 4.91. The summed E-state index contributed by atoms with van der Waals surface area (Å²) in [5.41, 5.74) is 2.21. The fraction of sp³-hybridized carbons (Fsp3) is 0.0833. The molecule has 3 aromatic carbocycles. The van der Waals surface area contributed by atoms with Gasteiger partial charge in [0.05, 0.1) is 4.92 Å². The summed E-state index contributed by atoms with van der Waals surface area (Å²) in [5.74, 6) is -0.580. The van der Waals surface area contributed by atoms with Gasteiger partial charge in [-0.2, -0.15) is 0 Å². The number of carbonyl (C=O) groups is 2. The number of non-ortho nitro benzene ring substituents is 1. The molecule has 0 saturated heterocycles. The molecule has 0 spiro atoms. The van der Waals surface area contributed by atoms with E-state index in [1.165, 1.54) is 24.3 Å². The number of hydrogen-bond donors (Lipinski definition) is 1. The molecular weight excluding hydrogens is 394 g/mol. The number of benzene rings is 3. The highest BCUT2D eigenvalue weighted by Crippen LogP contribution is 2.19. The van der Waals surface area contributed by atoms with Crippen molar-refractivity contribution in [3.63, 3.8) is 0 Å². The van der Waals surface area contributed by atoms with Crippen molar-refractivity contribution in [2.45, 2.75) is 6.92 Å². The number of carbonyl (C=O) groups excluding carboxylic acids is 2. The van der Waals surface area contributed by atoms with Gasteiger partial charge in [-0.15, -0.1) is 0 Å². The van der Waals surface area contributed by atoms with Crippen LogP contribution in [0.4, 0.5) is 17.1 Å². The zero-order valence-electron chi connectivity index (χ0n) is 16.9. The molecule has 0 bridgehead atoms. The number of nitrogens with one attached hydrogen (secondary N) is 1. The molecular formula is C24H21N3O4. The number of hydrogen-bond acceptors (Lipinski definition) is 4. The van der Waals surface area contributed by atoms with Gasteiger partial charge in [-0.3, -0.25) is 19.7 Å². The molecule has 0 aliphatic heterocycles.